The van der Waals surface area contributed by atoms with Crippen LogP contribution in [0.5, 0.6) is 0 Å². The molecule has 2 heterocycles. The van der Waals surface area contributed by atoms with Crippen LogP contribution in [0.3, 0.4) is 0 Å². The van der Waals surface area contributed by atoms with Gasteiger partial charge in [0, 0.05) is 30.1 Å². The zero-order valence-corrected chi connectivity index (χ0v) is 18.9. The summed E-state index contributed by atoms with van der Waals surface area (Å²) in [5.41, 5.74) is 4.05. The maximum absolute atomic E-state index is 13.9. The number of nitrogen functional groups attached to an aromatic ring is 1. The minimum absolute atomic E-state index is 0.0176. The van der Waals surface area contributed by atoms with Crippen LogP contribution < -0.4 is 15.8 Å². The molecule has 2 aromatic carbocycles. The van der Waals surface area contributed by atoms with E-state index in [1.807, 2.05) is 0 Å². The number of sulfonamides is 1. The zero-order valence-electron chi connectivity index (χ0n) is 17.3. The van der Waals surface area contributed by atoms with Crippen LogP contribution in [0.15, 0.2) is 41.3 Å². The number of anilines is 1. The van der Waals surface area contributed by atoms with E-state index in [2.05, 4.69) is 25.2 Å². The summed E-state index contributed by atoms with van der Waals surface area (Å²) >= 11 is 6.28. The average Bonchev–Trinajstić information content (AvgIpc) is 3.10. The van der Waals surface area contributed by atoms with Crippen molar-refractivity contribution in [3.8, 4) is 11.1 Å². The zero-order chi connectivity index (χ0) is 24.0. The average molecular weight is 501 g/mol. The second-order valence-electron chi connectivity index (χ2n) is 8.11. The number of benzene rings is 2. The highest BCUT2D eigenvalue weighted by Gasteiger charge is 2.37. The highest BCUT2D eigenvalue weighted by Crippen LogP contribution is 2.42. The van der Waals surface area contributed by atoms with Crippen molar-refractivity contribution in [1.82, 2.24) is 25.2 Å². The minimum atomic E-state index is -4.70. The number of alkyl halides is 3. The summed E-state index contributed by atoms with van der Waals surface area (Å²) < 4.78 is 69.6. The molecule has 1 saturated heterocycles. The molecule has 0 atom stereocenters. The maximum Gasteiger partial charge on any atom is 0.417 e. The largest absolute Gasteiger partial charge is 0.417 e. The second kappa shape index (κ2) is 8.28. The van der Waals surface area contributed by atoms with Crippen molar-refractivity contribution >= 4 is 27.6 Å². The number of hydrogen-bond donors (Lipinski definition) is 4. The van der Waals surface area contributed by atoms with E-state index in [1.165, 1.54) is 30.3 Å². The number of nitrogens with one attached hydrogen (secondary N) is 3. The van der Waals surface area contributed by atoms with Crippen LogP contribution in [-0.4, -0.2) is 42.2 Å². The van der Waals surface area contributed by atoms with Gasteiger partial charge in [-0.2, -0.15) is 18.2 Å². The Morgan fingerprint density at radius 3 is 2.39 bits per heavy atom. The smallest absolute Gasteiger partial charge is 0.367 e. The van der Waals surface area contributed by atoms with Crippen molar-refractivity contribution < 1.29 is 21.6 Å². The van der Waals surface area contributed by atoms with E-state index in [0.29, 0.717) is 18.9 Å². The number of aromatic nitrogens is 3. The summed E-state index contributed by atoms with van der Waals surface area (Å²) in [5.74, 6) is 0.276. The summed E-state index contributed by atoms with van der Waals surface area (Å²) in [4.78, 5) is 3.84. The first-order chi connectivity index (χ1) is 15.4. The van der Waals surface area contributed by atoms with Gasteiger partial charge in [-0.1, -0.05) is 23.7 Å². The molecular weight excluding hydrogens is 481 g/mol. The van der Waals surface area contributed by atoms with Gasteiger partial charge in [-0.25, -0.2) is 13.1 Å². The van der Waals surface area contributed by atoms with Crippen molar-refractivity contribution in [1.29, 1.82) is 0 Å². The molecule has 1 aliphatic rings. The van der Waals surface area contributed by atoms with Gasteiger partial charge < -0.3 is 11.1 Å². The Hall–Kier alpha value is -2.67. The van der Waals surface area contributed by atoms with Crippen molar-refractivity contribution in [3.05, 3.63) is 58.4 Å². The summed E-state index contributed by atoms with van der Waals surface area (Å²) in [6.07, 6.45) is -4.68. The first-order valence-electron chi connectivity index (χ1n) is 9.78. The van der Waals surface area contributed by atoms with Gasteiger partial charge in [-0.15, -0.1) is 5.10 Å². The monoisotopic (exact) mass is 500 g/mol. The van der Waals surface area contributed by atoms with E-state index in [1.54, 1.807) is 6.92 Å². The number of nitrogens with zero attached hydrogens (tertiary/aromatic N) is 2. The molecule has 5 N–H and O–H groups in total. The van der Waals surface area contributed by atoms with Gasteiger partial charge in [-0.05, 0) is 42.3 Å². The van der Waals surface area contributed by atoms with E-state index in [0.717, 1.165) is 6.07 Å². The number of H-pyrrole nitrogens is 1. The lowest BCUT2D eigenvalue weighted by Gasteiger charge is -2.39. The molecule has 0 aliphatic carbocycles. The lowest BCUT2D eigenvalue weighted by molar-refractivity contribution is -0.137. The van der Waals surface area contributed by atoms with E-state index in [9.17, 15) is 21.6 Å². The maximum atomic E-state index is 13.9. The van der Waals surface area contributed by atoms with E-state index >= 15 is 0 Å². The molecule has 0 bridgehead atoms. The normalized spacial score (nSPS) is 15.9. The van der Waals surface area contributed by atoms with Gasteiger partial charge in [0.05, 0.1) is 16.0 Å². The summed E-state index contributed by atoms with van der Waals surface area (Å²) in [6, 6.07) is 7.52. The van der Waals surface area contributed by atoms with Crippen molar-refractivity contribution in [3.63, 3.8) is 0 Å². The standard InChI is InChI=1S/C20H20ClF3N6O2S/c1-19(9-26-10-19)30-33(31,32)13-4-2-12(3-5-13)17-14(20(22,23)24)6-11(7-15(17)21)8-16-27-18(25)29-28-16/h2-7,26,30H,8-10H2,1H3,(H3,25,27,28,29). The summed E-state index contributed by atoms with van der Waals surface area (Å²) in [6.45, 7) is 2.74. The second-order valence-corrected chi connectivity index (χ2v) is 10.2. The van der Waals surface area contributed by atoms with Crippen LogP contribution in [0.1, 0.15) is 23.9 Å². The molecule has 0 spiro atoms. The highest BCUT2D eigenvalue weighted by atomic mass is 35.5. The van der Waals surface area contributed by atoms with Gasteiger partial charge in [0.15, 0.2) is 0 Å². The summed E-state index contributed by atoms with van der Waals surface area (Å²) in [5, 5.41) is 9.06. The predicted molar refractivity (Wildman–Crippen MR) is 117 cm³/mol. The molecule has 33 heavy (non-hydrogen) atoms. The van der Waals surface area contributed by atoms with Gasteiger partial charge >= 0.3 is 6.18 Å². The number of nitrogens with two attached hydrogens (primary N) is 1. The first-order valence-corrected chi connectivity index (χ1v) is 11.6. The minimum Gasteiger partial charge on any atom is -0.367 e. The third-order valence-electron chi connectivity index (χ3n) is 5.24. The number of halogens is 4. The lowest BCUT2D eigenvalue weighted by atomic mass is 9.96. The Kier molecular flexibility index (Phi) is 5.89. The summed E-state index contributed by atoms with van der Waals surface area (Å²) in [7, 11) is -3.84. The van der Waals surface area contributed by atoms with Crippen molar-refractivity contribution in [2.24, 2.45) is 0 Å². The fourth-order valence-electron chi connectivity index (χ4n) is 3.62. The van der Waals surface area contributed by atoms with Crippen LogP contribution in [-0.2, 0) is 22.6 Å². The quantitative estimate of drug-likeness (QED) is 0.412. The van der Waals surface area contributed by atoms with Gasteiger partial charge in [0.25, 0.3) is 0 Å². The molecule has 0 amide bonds. The van der Waals surface area contributed by atoms with E-state index in [4.69, 9.17) is 17.3 Å². The Morgan fingerprint density at radius 1 is 1.21 bits per heavy atom. The van der Waals surface area contributed by atoms with Crippen LogP contribution >= 0.6 is 11.6 Å². The third kappa shape index (κ3) is 4.98. The number of hydrogen-bond acceptors (Lipinski definition) is 6. The molecule has 0 radical (unpaired) electrons. The predicted octanol–water partition coefficient (Wildman–Crippen LogP) is 2.96. The molecule has 1 fully saturated rings. The van der Waals surface area contributed by atoms with Crippen LogP contribution in [0.4, 0.5) is 19.1 Å². The van der Waals surface area contributed by atoms with Crippen LogP contribution in [0.25, 0.3) is 11.1 Å². The topological polar surface area (TPSA) is 126 Å². The Bertz CT molecular complexity index is 1290. The van der Waals surface area contributed by atoms with Gasteiger partial charge in [-0.3, -0.25) is 5.10 Å². The number of rotatable bonds is 6. The SMILES string of the molecule is CC1(NS(=O)(=O)c2ccc(-c3c(Cl)cc(Cc4nc(N)n[nH]4)cc3C(F)(F)F)cc2)CNC1. The molecule has 0 saturated carbocycles. The van der Waals surface area contributed by atoms with Crippen molar-refractivity contribution in [2.45, 2.75) is 30.0 Å². The fourth-order valence-corrected chi connectivity index (χ4v) is 5.38. The molecule has 1 aromatic heterocycles. The lowest BCUT2D eigenvalue weighted by Crippen LogP contribution is -2.66. The first kappa shape index (κ1) is 23.5. The fraction of sp³-hybridized carbons (Fsp3) is 0.300. The molecular formula is C20H20ClF3N6O2S. The molecule has 176 valence electrons. The molecule has 3 aromatic rings. The highest BCUT2D eigenvalue weighted by molar-refractivity contribution is 7.89. The van der Waals surface area contributed by atoms with Crippen LogP contribution in [0, 0.1) is 0 Å². The van der Waals surface area contributed by atoms with Gasteiger partial charge in [0.2, 0.25) is 16.0 Å². The molecule has 13 heteroatoms. The molecule has 8 nitrogen and oxygen atoms in total. The number of aromatic amines is 1. The molecule has 4 rings (SSSR count). The molecule has 0 unspecified atom stereocenters. The Balaban J connectivity index is 1.69. The van der Waals surface area contributed by atoms with E-state index < -0.39 is 27.3 Å². The molecule has 1 aliphatic heterocycles. The van der Waals surface area contributed by atoms with Gasteiger partial charge in [0.1, 0.15) is 5.82 Å². The van der Waals surface area contributed by atoms with E-state index in [-0.39, 0.29) is 39.0 Å². The third-order valence-corrected chi connectivity index (χ3v) is 7.19. The Morgan fingerprint density at radius 2 is 1.88 bits per heavy atom. The van der Waals surface area contributed by atoms with Crippen LogP contribution in [0.2, 0.25) is 5.02 Å². The Labute approximate surface area is 192 Å². The van der Waals surface area contributed by atoms with Crippen molar-refractivity contribution in [2.75, 3.05) is 18.8 Å².